The van der Waals surface area contributed by atoms with Crippen LogP contribution in [0.25, 0.3) is 22.6 Å². The van der Waals surface area contributed by atoms with Gasteiger partial charge in [-0.2, -0.15) is 0 Å². The second-order valence-corrected chi connectivity index (χ2v) is 13.0. The molecule has 6 heteroatoms. The van der Waals surface area contributed by atoms with E-state index in [9.17, 15) is 4.79 Å². The van der Waals surface area contributed by atoms with Gasteiger partial charge in [0, 0.05) is 16.7 Å². The fraction of sp³-hybridized carbons (Fsp3) is 0.405. The van der Waals surface area contributed by atoms with Crippen molar-refractivity contribution in [2.75, 3.05) is 5.32 Å². The molecule has 0 saturated carbocycles. The molecule has 1 aromatic heterocycles. The third kappa shape index (κ3) is 7.51. The minimum atomic E-state index is -0.654. The van der Waals surface area contributed by atoms with Gasteiger partial charge in [0.25, 0.3) is 5.91 Å². The molecule has 228 valence electrons. The molecule has 1 amide bonds. The van der Waals surface area contributed by atoms with Crippen LogP contribution in [-0.2, 0) is 15.6 Å². The molecule has 0 aliphatic heterocycles. The number of hydrogen-bond donors (Lipinski definition) is 2. The Morgan fingerprint density at radius 1 is 0.930 bits per heavy atom. The number of imidazole rings is 1. The predicted octanol–water partition coefficient (Wildman–Crippen LogP) is 10.3. The van der Waals surface area contributed by atoms with Gasteiger partial charge in [-0.1, -0.05) is 127 Å². The molecular weight excluding hydrogens is 554 g/mol. The number of halogens is 1. The maximum Gasteiger partial charge on any atom is 0.265 e. The van der Waals surface area contributed by atoms with Gasteiger partial charge < -0.3 is 15.0 Å². The Bertz CT molecular complexity index is 1520. The molecule has 4 rings (SSSR count). The summed E-state index contributed by atoms with van der Waals surface area (Å²) in [7, 11) is 0. The highest BCUT2D eigenvalue weighted by molar-refractivity contribution is 6.32. The fourth-order valence-corrected chi connectivity index (χ4v) is 5.27. The van der Waals surface area contributed by atoms with Crippen LogP contribution in [0.15, 0.2) is 72.8 Å². The number of carbonyl (C=O) groups excluding carboxylic acids is 1. The largest absolute Gasteiger partial charge is 0.480 e. The molecule has 1 heterocycles. The highest BCUT2D eigenvalue weighted by Crippen LogP contribution is 2.39. The Morgan fingerprint density at radius 2 is 1.60 bits per heavy atom. The van der Waals surface area contributed by atoms with Gasteiger partial charge in [0.1, 0.15) is 22.4 Å². The van der Waals surface area contributed by atoms with Crippen LogP contribution in [-0.4, -0.2) is 22.0 Å². The number of aromatic amines is 1. The predicted molar refractivity (Wildman–Crippen MR) is 180 cm³/mol. The number of carbonyl (C=O) groups is 1. The summed E-state index contributed by atoms with van der Waals surface area (Å²) >= 11 is 6.65. The quantitative estimate of drug-likeness (QED) is 0.161. The van der Waals surface area contributed by atoms with Crippen molar-refractivity contribution in [2.45, 2.75) is 97.5 Å². The van der Waals surface area contributed by atoms with Crippen molar-refractivity contribution in [3.8, 4) is 28.4 Å². The van der Waals surface area contributed by atoms with E-state index in [1.165, 1.54) is 5.56 Å². The van der Waals surface area contributed by atoms with Gasteiger partial charge >= 0.3 is 0 Å². The Labute approximate surface area is 262 Å². The number of amides is 1. The molecule has 4 aromatic rings. The molecule has 0 radical (unpaired) electrons. The standard InChI is InChI=1S/C37H46ClN3O2/c1-8-11-21-31(43-30-23-22-26(36(4,5)9-2)24-28(30)37(6,7)10-3)35(42)39-29-20-16-15-19-27(29)32-33(38)41-34(40-32)25-17-13-12-14-18-25/h12-20,22-24,31H,8-11,21H2,1-7H3,(H,39,42)(H,40,41). The highest BCUT2D eigenvalue weighted by Gasteiger charge is 2.29. The van der Waals surface area contributed by atoms with Crippen molar-refractivity contribution >= 4 is 23.2 Å². The normalized spacial score (nSPS) is 12.7. The zero-order valence-electron chi connectivity index (χ0n) is 26.7. The summed E-state index contributed by atoms with van der Waals surface area (Å²) in [5, 5.41) is 3.57. The number of para-hydroxylation sites is 1. The number of nitrogens with one attached hydrogen (secondary N) is 2. The van der Waals surface area contributed by atoms with Crippen LogP contribution in [0.5, 0.6) is 5.75 Å². The van der Waals surface area contributed by atoms with E-state index in [-0.39, 0.29) is 16.7 Å². The fourth-order valence-electron chi connectivity index (χ4n) is 5.04. The van der Waals surface area contributed by atoms with Gasteiger partial charge in [0.05, 0.1) is 5.69 Å². The Kier molecular flexibility index (Phi) is 10.4. The molecule has 0 fully saturated rings. The number of aromatic nitrogens is 2. The van der Waals surface area contributed by atoms with Crippen molar-refractivity contribution in [2.24, 2.45) is 0 Å². The molecular formula is C37H46ClN3O2. The van der Waals surface area contributed by atoms with Crippen molar-refractivity contribution in [3.05, 3.63) is 89.1 Å². The van der Waals surface area contributed by atoms with Crippen molar-refractivity contribution in [3.63, 3.8) is 0 Å². The second kappa shape index (κ2) is 13.8. The van der Waals surface area contributed by atoms with Crippen LogP contribution in [0.3, 0.4) is 0 Å². The molecule has 0 bridgehead atoms. The first-order valence-corrected chi connectivity index (χ1v) is 15.9. The molecule has 0 saturated heterocycles. The van der Waals surface area contributed by atoms with E-state index in [2.05, 4.69) is 77.0 Å². The Balaban J connectivity index is 1.66. The van der Waals surface area contributed by atoms with Crippen LogP contribution in [0.2, 0.25) is 5.15 Å². The lowest BCUT2D eigenvalue weighted by Crippen LogP contribution is -2.34. The third-order valence-corrected chi connectivity index (χ3v) is 9.06. The average molecular weight is 600 g/mol. The summed E-state index contributed by atoms with van der Waals surface area (Å²) in [6.45, 7) is 15.6. The molecule has 0 aliphatic carbocycles. The van der Waals surface area contributed by atoms with E-state index in [1.807, 2.05) is 54.6 Å². The highest BCUT2D eigenvalue weighted by atomic mass is 35.5. The zero-order valence-corrected chi connectivity index (χ0v) is 27.4. The van der Waals surface area contributed by atoms with E-state index in [0.29, 0.717) is 28.8 Å². The van der Waals surface area contributed by atoms with Crippen LogP contribution in [0, 0.1) is 0 Å². The first-order valence-electron chi connectivity index (χ1n) is 15.5. The SMILES string of the molecule is CCCCC(Oc1ccc(C(C)(C)CC)cc1C(C)(C)CC)C(=O)Nc1ccccc1-c1nc(-c2ccccc2)[nH]c1Cl. The first kappa shape index (κ1) is 32.3. The maximum absolute atomic E-state index is 13.9. The summed E-state index contributed by atoms with van der Waals surface area (Å²) in [5.41, 5.74) is 5.27. The lowest BCUT2D eigenvalue weighted by atomic mass is 9.76. The molecule has 0 aliphatic rings. The van der Waals surface area contributed by atoms with E-state index >= 15 is 0 Å². The molecule has 5 nitrogen and oxygen atoms in total. The van der Waals surface area contributed by atoms with Gasteiger partial charge in [-0.25, -0.2) is 4.98 Å². The number of rotatable bonds is 13. The Hall–Kier alpha value is -3.57. The van der Waals surface area contributed by atoms with Crippen molar-refractivity contribution in [1.29, 1.82) is 0 Å². The second-order valence-electron chi connectivity index (χ2n) is 12.6. The molecule has 1 atom stereocenters. The van der Waals surface area contributed by atoms with Crippen LogP contribution >= 0.6 is 11.6 Å². The number of H-pyrrole nitrogens is 1. The van der Waals surface area contributed by atoms with Crippen molar-refractivity contribution < 1.29 is 9.53 Å². The van der Waals surface area contributed by atoms with E-state index in [1.54, 1.807) is 0 Å². The minimum absolute atomic E-state index is 0.0493. The summed E-state index contributed by atoms with van der Waals surface area (Å²) < 4.78 is 6.64. The zero-order chi connectivity index (χ0) is 31.2. The monoisotopic (exact) mass is 599 g/mol. The molecule has 0 spiro atoms. The van der Waals surface area contributed by atoms with E-state index < -0.39 is 6.10 Å². The number of ether oxygens (including phenoxy) is 1. The third-order valence-electron chi connectivity index (χ3n) is 8.79. The van der Waals surface area contributed by atoms with Crippen molar-refractivity contribution in [1.82, 2.24) is 9.97 Å². The van der Waals surface area contributed by atoms with Gasteiger partial charge in [-0.05, 0) is 54.2 Å². The molecule has 3 aromatic carbocycles. The van der Waals surface area contributed by atoms with E-state index in [4.69, 9.17) is 21.3 Å². The molecule has 43 heavy (non-hydrogen) atoms. The summed E-state index contributed by atoms with van der Waals surface area (Å²) in [5.74, 6) is 1.26. The number of hydrogen-bond acceptors (Lipinski definition) is 3. The summed E-state index contributed by atoms with van der Waals surface area (Å²) in [6.07, 6.45) is 3.78. The Morgan fingerprint density at radius 3 is 2.28 bits per heavy atom. The van der Waals surface area contributed by atoms with E-state index in [0.717, 1.165) is 48.1 Å². The summed E-state index contributed by atoms with van der Waals surface area (Å²) in [6, 6.07) is 24.0. The average Bonchev–Trinajstić information content (AvgIpc) is 3.41. The smallest absolute Gasteiger partial charge is 0.265 e. The van der Waals surface area contributed by atoms with Gasteiger partial charge in [-0.15, -0.1) is 0 Å². The summed E-state index contributed by atoms with van der Waals surface area (Å²) in [4.78, 5) is 21.9. The molecule has 1 unspecified atom stereocenters. The van der Waals surface area contributed by atoms with Gasteiger partial charge in [0.15, 0.2) is 6.10 Å². The van der Waals surface area contributed by atoms with Crippen LogP contribution in [0.1, 0.15) is 91.7 Å². The lowest BCUT2D eigenvalue weighted by Gasteiger charge is -2.31. The maximum atomic E-state index is 13.9. The van der Waals surface area contributed by atoms with Gasteiger partial charge in [-0.3, -0.25) is 4.79 Å². The number of nitrogens with zero attached hydrogens (tertiary/aromatic N) is 1. The number of anilines is 1. The molecule has 2 N–H and O–H groups in total. The lowest BCUT2D eigenvalue weighted by molar-refractivity contribution is -0.123. The number of unbranched alkanes of at least 4 members (excludes halogenated alkanes) is 1. The first-order chi connectivity index (χ1) is 20.5. The topological polar surface area (TPSA) is 67.0 Å². The van der Waals surface area contributed by atoms with Gasteiger partial charge in [0.2, 0.25) is 0 Å². The van der Waals surface area contributed by atoms with Crippen LogP contribution in [0.4, 0.5) is 5.69 Å². The van der Waals surface area contributed by atoms with Crippen LogP contribution < -0.4 is 10.1 Å². The minimum Gasteiger partial charge on any atom is -0.480 e. The number of benzene rings is 3.